The van der Waals surface area contributed by atoms with Gasteiger partial charge in [-0.2, -0.15) is 5.10 Å². The zero-order valence-electron chi connectivity index (χ0n) is 20.4. The summed E-state index contributed by atoms with van der Waals surface area (Å²) in [5, 5.41) is 16.7. The van der Waals surface area contributed by atoms with Crippen molar-refractivity contribution in [1.82, 2.24) is 24.3 Å². The van der Waals surface area contributed by atoms with Crippen molar-refractivity contribution in [3.63, 3.8) is 0 Å². The van der Waals surface area contributed by atoms with E-state index in [-0.39, 0.29) is 41.0 Å². The van der Waals surface area contributed by atoms with Crippen LogP contribution in [0.3, 0.4) is 0 Å². The van der Waals surface area contributed by atoms with E-state index in [1.54, 1.807) is 36.3 Å². The molecule has 5 rings (SSSR count). The highest BCUT2D eigenvalue weighted by molar-refractivity contribution is 6.30. The van der Waals surface area contributed by atoms with Gasteiger partial charge in [-0.1, -0.05) is 17.7 Å². The van der Waals surface area contributed by atoms with Crippen LogP contribution in [0.1, 0.15) is 30.0 Å². The molecule has 0 amide bonds. The van der Waals surface area contributed by atoms with E-state index < -0.39 is 23.2 Å². The lowest BCUT2D eigenvalue weighted by molar-refractivity contribution is -0.0213. The summed E-state index contributed by atoms with van der Waals surface area (Å²) < 4.78 is 37.6. The number of nitrogens with one attached hydrogen (secondary N) is 1. The van der Waals surface area contributed by atoms with E-state index in [0.29, 0.717) is 30.6 Å². The van der Waals surface area contributed by atoms with Crippen LogP contribution in [0, 0.1) is 11.6 Å². The highest BCUT2D eigenvalue weighted by Gasteiger charge is 2.24. The van der Waals surface area contributed by atoms with Gasteiger partial charge in [0.05, 0.1) is 36.2 Å². The summed E-state index contributed by atoms with van der Waals surface area (Å²) in [6.45, 7) is 0.386. The van der Waals surface area contributed by atoms with Crippen molar-refractivity contribution >= 4 is 17.5 Å². The Morgan fingerprint density at radius 1 is 1.21 bits per heavy atom. The number of benzene rings is 1. The van der Waals surface area contributed by atoms with Gasteiger partial charge in [0.25, 0.3) is 5.56 Å². The van der Waals surface area contributed by atoms with Crippen LogP contribution in [0.25, 0.3) is 11.3 Å². The predicted octanol–water partition coefficient (Wildman–Crippen LogP) is 3.56. The first-order valence-electron chi connectivity index (χ1n) is 12.0. The minimum absolute atomic E-state index is 0.0299. The van der Waals surface area contributed by atoms with Gasteiger partial charge in [0.2, 0.25) is 5.95 Å². The molecule has 1 fully saturated rings. The van der Waals surface area contributed by atoms with Crippen molar-refractivity contribution in [1.29, 1.82) is 0 Å². The molecule has 0 aliphatic carbocycles. The van der Waals surface area contributed by atoms with Crippen molar-refractivity contribution in [3.8, 4) is 11.3 Å². The van der Waals surface area contributed by atoms with Crippen molar-refractivity contribution in [2.45, 2.75) is 31.0 Å². The second kappa shape index (κ2) is 11.0. The van der Waals surface area contributed by atoms with Gasteiger partial charge < -0.3 is 19.7 Å². The molecule has 0 spiro atoms. The number of aromatic nitrogens is 5. The molecule has 1 aliphatic rings. The lowest BCUT2D eigenvalue weighted by atomic mass is 10.0. The molecule has 1 saturated heterocycles. The molecule has 38 heavy (non-hydrogen) atoms. The highest BCUT2D eigenvalue weighted by Crippen LogP contribution is 2.29. The van der Waals surface area contributed by atoms with Gasteiger partial charge >= 0.3 is 0 Å². The summed E-state index contributed by atoms with van der Waals surface area (Å²) in [7, 11) is 1.74. The van der Waals surface area contributed by atoms with Crippen LogP contribution in [0.5, 0.6) is 0 Å². The Bertz CT molecular complexity index is 1510. The maximum Gasteiger partial charge on any atom is 0.252 e. The molecular formula is C26H25ClF2N6O3. The number of hydrogen-bond donors (Lipinski definition) is 2. The quantitative estimate of drug-likeness (QED) is 0.368. The number of hydrogen-bond acceptors (Lipinski definition) is 7. The summed E-state index contributed by atoms with van der Waals surface area (Å²) in [5.41, 5.74) is 0.928. The van der Waals surface area contributed by atoms with E-state index in [1.165, 1.54) is 29.0 Å². The molecule has 3 aromatic heterocycles. The smallest absolute Gasteiger partial charge is 0.252 e. The fraction of sp³-hybridized carbons (Fsp3) is 0.308. The Balaban J connectivity index is 1.48. The second-order valence-electron chi connectivity index (χ2n) is 9.12. The lowest BCUT2D eigenvalue weighted by Gasteiger charge is -2.29. The molecule has 0 radical (unpaired) electrons. The number of aliphatic hydroxyl groups is 1. The third kappa shape index (κ3) is 5.45. The number of ether oxygens (including phenoxy) is 1. The summed E-state index contributed by atoms with van der Waals surface area (Å²) in [6, 6.07) is 6.46. The maximum atomic E-state index is 14.8. The average Bonchev–Trinajstić information content (AvgIpc) is 3.34. The first kappa shape index (κ1) is 26.0. The van der Waals surface area contributed by atoms with Crippen molar-refractivity contribution < 1.29 is 18.6 Å². The highest BCUT2D eigenvalue weighted by atomic mass is 35.5. The number of aryl methyl sites for hydroxylation is 1. The number of pyridine rings is 1. The van der Waals surface area contributed by atoms with Crippen LogP contribution in [0.4, 0.5) is 14.7 Å². The fourth-order valence-corrected chi connectivity index (χ4v) is 4.71. The van der Waals surface area contributed by atoms with Gasteiger partial charge in [0, 0.05) is 49.3 Å². The van der Waals surface area contributed by atoms with Gasteiger partial charge in [-0.25, -0.2) is 18.7 Å². The molecule has 3 atom stereocenters. The van der Waals surface area contributed by atoms with Gasteiger partial charge in [0.1, 0.15) is 11.5 Å². The summed E-state index contributed by atoms with van der Waals surface area (Å²) in [4.78, 5) is 21.7. The van der Waals surface area contributed by atoms with Crippen molar-refractivity contribution in [3.05, 3.63) is 93.3 Å². The summed E-state index contributed by atoms with van der Waals surface area (Å²) in [6.07, 6.45) is 6.85. The molecule has 198 valence electrons. The molecule has 1 aliphatic heterocycles. The first-order valence-corrected chi connectivity index (χ1v) is 12.4. The molecule has 0 saturated carbocycles. The van der Waals surface area contributed by atoms with E-state index >= 15 is 0 Å². The van der Waals surface area contributed by atoms with E-state index in [4.69, 9.17) is 16.3 Å². The fourth-order valence-electron chi connectivity index (χ4n) is 4.59. The van der Waals surface area contributed by atoms with Crippen LogP contribution in [-0.4, -0.2) is 54.8 Å². The van der Waals surface area contributed by atoms with Crippen LogP contribution in [0.15, 0.2) is 59.9 Å². The Morgan fingerprint density at radius 2 is 2.05 bits per heavy atom. The molecule has 0 bridgehead atoms. The number of rotatable bonds is 7. The number of halogens is 3. The summed E-state index contributed by atoms with van der Waals surface area (Å²) in [5.74, 6) is -1.09. The monoisotopic (exact) mass is 542 g/mol. The zero-order chi connectivity index (χ0) is 26.8. The van der Waals surface area contributed by atoms with Crippen molar-refractivity contribution in [2.24, 2.45) is 7.05 Å². The Labute approximate surface area is 221 Å². The average molecular weight is 543 g/mol. The third-order valence-corrected chi connectivity index (χ3v) is 6.75. The molecule has 4 heterocycles. The number of aliphatic hydroxyl groups excluding tert-OH is 1. The second-order valence-corrected chi connectivity index (χ2v) is 9.52. The minimum atomic E-state index is -0.697. The normalized spacial score (nSPS) is 18.3. The molecule has 9 nitrogen and oxygen atoms in total. The molecule has 12 heteroatoms. The van der Waals surface area contributed by atoms with Crippen LogP contribution in [-0.2, 0) is 11.8 Å². The van der Waals surface area contributed by atoms with E-state index in [2.05, 4.69) is 20.4 Å². The largest absolute Gasteiger partial charge is 0.394 e. The molecule has 1 unspecified atom stereocenters. The van der Waals surface area contributed by atoms with Crippen LogP contribution in [0.2, 0.25) is 5.02 Å². The summed E-state index contributed by atoms with van der Waals surface area (Å²) >= 11 is 5.87. The number of anilines is 1. The maximum absolute atomic E-state index is 14.8. The van der Waals surface area contributed by atoms with E-state index in [1.807, 2.05) is 0 Å². The van der Waals surface area contributed by atoms with Crippen LogP contribution >= 0.6 is 11.6 Å². The third-order valence-electron chi connectivity index (χ3n) is 6.45. The Hall–Kier alpha value is -3.67. The van der Waals surface area contributed by atoms with Crippen LogP contribution < -0.4 is 10.9 Å². The SMILES string of the molecule is Cn1cc(C(c2ccc(Cl)c(F)c2)n2ccc(-c3nc(N[C@H]4CCO[C@@H](CO)C4)ncc3F)cc2=O)cn1. The molecule has 1 aromatic carbocycles. The predicted molar refractivity (Wildman–Crippen MR) is 137 cm³/mol. The molecule has 4 aromatic rings. The van der Waals surface area contributed by atoms with E-state index in [9.17, 15) is 18.7 Å². The van der Waals surface area contributed by atoms with E-state index in [0.717, 1.165) is 6.20 Å². The van der Waals surface area contributed by atoms with Gasteiger partial charge in [-0.05, 0) is 36.6 Å². The molecule has 2 N–H and O–H groups in total. The van der Waals surface area contributed by atoms with Gasteiger partial charge in [0.15, 0.2) is 5.82 Å². The first-order chi connectivity index (χ1) is 18.3. The standard InChI is InChI=1S/C26H25ClF2N6O3/c1-34-13-17(11-31-34)25(16-2-3-20(27)21(28)8-16)35-6-4-15(9-23(35)37)24-22(29)12-30-26(33-24)32-18-5-7-38-19(10-18)14-36/h2-4,6,8-9,11-13,18-19,25,36H,5,7,10,14H2,1H3,(H,30,32,33)/t18-,19+,25?/m0/s1. The van der Waals surface area contributed by atoms with Gasteiger partial charge in [-0.3, -0.25) is 9.48 Å². The Kier molecular flexibility index (Phi) is 7.50. The zero-order valence-corrected chi connectivity index (χ0v) is 21.1. The topological polar surface area (TPSA) is 107 Å². The van der Waals surface area contributed by atoms with Gasteiger partial charge in [-0.15, -0.1) is 0 Å². The molecular weight excluding hydrogens is 518 g/mol. The van der Waals surface area contributed by atoms with Crippen molar-refractivity contribution in [2.75, 3.05) is 18.5 Å². The lowest BCUT2D eigenvalue weighted by Crippen LogP contribution is -2.36. The number of nitrogens with zero attached hydrogens (tertiary/aromatic N) is 5. The minimum Gasteiger partial charge on any atom is -0.394 e. The Morgan fingerprint density at radius 3 is 2.76 bits per heavy atom.